The lowest BCUT2D eigenvalue weighted by Crippen LogP contribution is -2.28. The van der Waals surface area contributed by atoms with Gasteiger partial charge in [0.1, 0.15) is 12.4 Å². The zero-order valence-electron chi connectivity index (χ0n) is 13.1. The average Bonchev–Trinajstić information content (AvgIpc) is 3.10. The predicted octanol–water partition coefficient (Wildman–Crippen LogP) is 3.06. The molecular formula is C17H16ClN5O. The second-order valence-electron chi connectivity index (χ2n) is 5.47. The summed E-state index contributed by atoms with van der Waals surface area (Å²) in [5.74, 6) is -0.225. The van der Waals surface area contributed by atoms with Gasteiger partial charge in [0, 0.05) is 6.42 Å². The highest BCUT2D eigenvalue weighted by molar-refractivity contribution is 6.33. The fourth-order valence-corrected chi connectivity index (χ4v) is 2.67. The molecule has 0 radical (unpaired) electrons. The maximum Gasteiger partial charge on any atom is 0.249 e. The van der Waals surface area contributed by atoms with E-state index >= 15 is 0 Å². The van der Waals surface area contributed by atoms with E-state index in [-0.39, 0.29) is 5.91 Å². The summed E-state index contributed by atoms with van der Waals surface area (Å²) in [5.41, 5.74) is 2.61. The van der Waals surface area contributed by atoms with E-state index in [4.69, 9.17) is 11.6 Å². The van der Waals surface area contributed by atoms with Crippen LogP contribution in [0.2, 0.25) is 5.02 Å². The zero-order chi connectivity index (χ0) is 16.9. The molecule has 2 aromatic carbocycles. The van der Waals surface area contributed by atoms with Crippen LogP contribution in [0.1, 0.15) is 17.2 Å². The summed E-state index contributed by atoms with van der Waals surface area (Å²) in [6.07, 6.45) is 1.91. The van der Waals surface area contributed by atoms with E-state index in [9.17, 15) is 4.79 Å². The first-order chi connectivity index (χ1) is 11.6. The predicted molar refractivity (Wildman–Crippen MR) is 91.8 cm³/mol. The van der Waals surface area contributed by atoms with Crippen molar-refractivity contribution >= 4 is 23.2 Å². The molecule has 0 bridgehead atoms. The van der Waals surface area contributed by atoms with Crippen LogP contribution < -0.4 is 5.32 Å². The summed E-state index contributed by atoms with van der Waals surface area (Å²) in [4.78, 5) is 12.8. The van der Waals surface area contributed by atoms with Crippen LogP contribution in [-0.2, 0) is 11.2 Å². The van der Waals surface area contributed by atoms with Gasteiger partial charge in [-0.15, -0.1) is 5.10 Å². The Balaban J connectivity index is 1.83. The lowest BCUT2D eigenvalue weighted by Gasteiger charge is -2.17. The van der Waals surface area contributed by atoms with Gasteiger partial charge in [-0.25, -0.2) is 4.68 Å². The third-order valence-electron chi connectivity index (χ3n) is 3.64. The third kappa shape index (κ3) is 3.78. The molecule has 7 heteroatoms. The van der Waals surface area contributed by atoms with Gasteiger partial charge in [0.2, 0.25) is 5.91 Å². The molecule has 122 valence electrons. The van der Waals surface area contributed by atoms with Crippen LogP contribution in [0.15, 0.2) is 54.9 Å². The first kappa shape index (κ1) is 16.1. The molecule has 1 aromatic heterocycles. The van der Waals surface area contributed by atoms with Gasteiger partial charge in [-0.2, -0.15) is 0 Å². The number of benzene rings is 2. The van der Waals surface area contributed by atoms with Crippen LogP contribution >= 0.6 is 11.6 Å². The fourth-order valence-electron chi connectivity index (χ4n) is 2.39. The minimum absolute atomic E-state index is 0.225. The van der Waals surface area contributed by atoms with Crippen molar-refractivity contribution < 1.29 is 4.79 Å². The smallest absolute Gasteiger partial charge is 0.249 e. The molecule has 0 saturated heterocycles. The molecule has 1 heterocycles. The molecule has 3 rings (SSSR count). The number of amides is 1. The SMILES string of the molecule is Cc1ccc(NC(=O)C(Cc2ccccc2)n2cnnn2)c(Cl)c1. The largest absolute Gasteiger partial charge is 0.323 e. The maximum atomic E-state index is 12.8. The molecule has 0 aliphatic heterocycles. The number of halogens is 1. The normalized spacial score (nSPS) is 11.9. The van der Waals surface area contributed by atoms with Gasteiger partial charge in [-0.3, -0.25) is 4.79 Å². The Hall–Kier alpha value is -2.73. The molecular weight excluding hydrogens is 326 g/mol. The van der Waals surface area contributed by atoms with Gasteiger partial charge in [0.05, 0.1) is 10.7 Å². The Morgan fingerprint density at radius 3 is 2.71 bits per heavy atom. The van der Waals surface area contributed by atoms with E-state index < -0.39 is 6.04 Å². The third-order valence-corrected chi connectivity index (χ3v) is 3.95. The van der Waals surface area contributed by atoms with Gasteiger partial charge >= 0.3 is 0 Å². The van der Waals surface area contributed by atoms with E-state index in [0.717, 1.165) is 11.1 Å². The van der Waals surface area contributed by atoms with E-state index in [1.54, 1.807) is 12.1 Å². The van der Waals surface area contributed by atoms with Crippen molar-refractivity contribution in [3.63, 3.8) is 0 Å². The number of aryl methyl sites for hydroxylation is 1. The van der Waals surface area contributed by atoms with Gasteiger partial charge in [-0.1, -0.05) is 48.0 Å². The van der Waals surface area contributed by atoms with Crippen LogP contribution in [0.25, 0.3) is 0 Å². The molecule has 1 amide bonds. The Bertz CT molecular complexity index is 820. The van der Waals surface area contributed by atoms with Gasteiger partial charge < -0.3 is 5.32 Å². The number of nitrogens with zero attached hydrogens (tertiary/aromatic N) is 4. The molecule has 0 fully saturated rings. The molecule has 0 spiro atoms. The van der Waals surface area contributed by atoms with E-state index in [1.165, 1.54) is 11.0 Å². The zero-order valence-corrected chi connectivity index (χ0v) is 13.8. The van der Waals surface area contributed by atoms with Crippen LogP contribution in [0.5, 0.6) is 0 Å². The number of anilines is 1. The first-order valence-corrected chi connectivity index (χ1v) is 7.84. The molecule has 1 unspecified atom stereocenters. The topological polar surface area (TPSA) is 72.7 Å². The lowest BCUT2D eigenvalue weighted by molar-refractivity contribution is -0.119. The summed E-state index contributed by atoms with van der Waals surface area (Å²) < 4.78 is 1.45. The van der Waals surface area contributed by atoms with Crippen molar-refractivity contribution in [1.82, 2.24) is 20.2 Å². The number of hydrogen-bond acceptors (Lipinski definition) is 4. The monoisotopic (exact) mass is 341 g/mol. The number of nitrogens with one attached hydrogen (secondary N) is 1. The highest BCUT2D eigenvalue weighted by atomic mass is 35.5. The number of carbonyl (C=O) groups is 1. The lowest BCUT2D eigenvalue weighted by atomic mass is 10.1. The van der Waals surface area contributed by atoms with Crippen LogP contribution in [0, 0.1) is 6.92 Å². The highest BCUT2D eigenvalue weighted by Crippen LogP contribution is 2.24. The second-order valence-corrected chi connectivity index (χ2v) is 5.88. The van der Waals surface area contributed by atoms with Crippen molar-refractivity contribution in [2.45, 2.75) is 19.4 Å². The summed E-state index contributed by atoms with van der Waals surface area (Å²) in [6, 6.07) is 14.6. The molecule has 1 atom stereocenters. The number of rotatable bonds is 5. The molecule has 1 N–H and O–H groups in total. The van der Waals surface area contributed by atoms with Crippen molar-refractivity contribution in [3.8, 4) is 0 Å². The molecule has 24 heavy (non-hydrogen) atoms. The Labute approximate surface area is 144 Å². The van der Waals surface area contributed by atoms with Gasteiger partial charge in [0.25, 0.3) is 0 Å². The highest BCUT2D eigenvalue weighted by Gasteiger charge is 2.23. The number of aromatic nitrogens is 4. The molecule has 3 aromatic rings. The summed E-state index contributed by atoms with van der Waals surface area (Å²) in [7, 11) is 0. The Morgan fingerprint density at radius 2 is 2.04 bits per heavy atom. The maximum absolute atomic E-state index is 12.8. The number of hydrogen-bond donors (Lipinski definition) is 1. The second kappa shape index (κ2) is 7.23. The fraction of sp³-hybridized carbons (Fsp3) is 0.176. The minimum atomic E-state index is -0.570. The van der Waals surface area contributed by atoms with E-state index in [2.05, 4.69) is 20.8 Å². The summed E-state index contributed by atoms with van der Waals surface area (Å²) in [5, 5.41) is 14.5. The Kier molecular flexibility index (Phi) is 4.86. The average molecular weight is 342 g/mol. The molecule has 0 saturated carbocycles. The van der Waals surface area contributed by atoms with E-state index in [0.29, 0.717) is 17.1 Å². The standard InChI is InChI=1S/C17H16ClN5O/c1-12-7-8-15(14(18)9-12)20-17(24)16(23-11-19-21-22-23)10-13-5-3-2-4-6-13/h2-9,11,16H,10H2,1H3,(H,20,24). The minimum Gasteiger partial charge on any atom is -0.323 e. The molecule has 0 aliphatic carbocycles. The van der Waals surface area contributed by atoms with Crippen molar-refractivity contribution in [2.24, 2.45) is 0 Å². The van der Waals surface area contributed by atoms with Gasteiger partial charge in [-0.05, 0) is 40.6 Å². The van der Waals surface area contributed by atoms with Crippen molar-refractivity contribution in [3.05, 3.63) is 71.0 Å². The van der Waals surface area contributed by atoms with Gasteiger partial charge in [0.15, 0.2) is 0 Å². The quantitative estimate of drug-likeness (QED) is 0.774. The number of tetrazole rings is 1. The van der Waals surface area contributed by atoms with E-state index in [1.807, 2.05) is 43.3 Å². The van der Waals surface area contributed by atoms with Crippen LogP contribution in [-0.4, -0.2) is 26.1 Å². The molecule has 6 nitrogen and oxygen atoms in total. The molecule has 0 aliphatic rings. The summed E-state index contributed by atoms with van der Waals surface area (Å²) in [6.45, 7) is 1.94. The van der Waals surface area contributed by atoms with Crippen molar-refractivity contribution in [1.29, 1.82) is 0 Å². The van der Waals surface area contributed by atoms with Crippen LogP contribution in [0.4, 0.5) is 5.69 Å². The van der Waals surface area contributed by atoms with Crippen LogP contribution in [0.3, 0.4) is 0 Å². The first-order valence-electron chi connectivity index (χ1n) is 7.47. The summed E-state index contributed by atoms with van der Waals surface area (Å²) >= 11 is 6.20. The number of carbonyl (C=O) groups excluding carboxylic acids is 1. The Morgan fingerprint density at radius 1 is 1.25 bits per heavy atom. The van der Waals surface area contributed by atoms with Crippen molar-refractivity contribution in [2.75, 3.05) is 5.32 Å².